The third kappa shape index (κ3) is 6.11. The molecule has 1 atom stereocenters. The molecule has 0 radical (unpaired) electrons. The molecule has 1 aromatic carbocycles. The monoisotopic (exact) mass is 443 g/mol. The van der Waals surface area contributed by atoms with Gasteiger partial charge in [0.25, 0.3) is 0 Å². The Labute approximate surface area is 184 Å². The van der Waals surface area contributed by atoms with E-state index in [1.54, 1.807) is 11.0 Å². The van der Waals surface area contributed by atoms with Crippen LogP contribution in [0.1, 0.15) is 56.4 Å². The van der Waals surface area contributed by atoms with Crippen LogP contribution in [-0.2, 0) is 21.3 Å². The lowest BCUT2D eigenvalue weighted by Crippen LogP contribution is -2.41. The van der Waals surface area contributed by atoms with E-state index in [2.05, 4.69) is 4.98 Å². The zero-order valence-corrected chi connectivity index (χ0v) is 18.7. The second-order valence-electron chi connectivity index (χ2n) is 8.55. The Balaban J connectivity index is 1.64. The van der Waals surface area contributed by atoms with E-state index in [0.29, 0.717) is 18.1 Å². The highest BCUT2D eigenvalue weighted by Gasteiger charge is 2.28. The van der Waals surface area contributed by atoms with Gasteiger partial charge in [-0.3, -0.25) is 4.21 Å². The molecule has 2 aromatic rings. The Morgan fingerprint density at radius 3 is 2.61 bits per heavy atom. The Morgan fingerprint density at radius 1 is 1.29 bits per heavy atom. The second-order valence-corrected chi connectivity index (χ2v) is 9.95. The van der Waals surface area contributed by atoms with Crippen LogP contribution >= 0.6 is 0 Å². The minimum atomic E-state index is -1.51. The normalized spacial score (nSPS) is 15.9. The Morgan fingerprint density at radius 2 is 2.00 bits per heavy atom. The largest absolute Gasteiger partial charge is 0.444 e. The number of ether oxygens (including phenoxy) is 1. The molecule has 1 aliphatic rings. The van der Waals surface area contributed by atoms with Crippen LogP contribution in [0.4, 0.5) is 9.18 Å². The topological polar surface area (TPSA) is 83.3 Å². The summed E-state index contributed by atoms with van der Waals surface area (Å²) in [4.78, 5) is 18.5. The number of amides is 1. The number of rotatable bonds is 4. The van der Waals surface area contributed by atoms with Crippen molar-refractivity contribution < 1.29 is 18.1 Å². The number of pyridine rings is 1. The van der Waals surface area contributed by atoms with Gasteiger partial charge in [-0.1, -0.05) is 12.1 Å². The maximum atomic E-state index is 14.1. The van der Waals surface area contributed by atoms with Gasteiger partial charge in [0.2, 0.25) is 0 Å². The minimum Gasteiger partial charge on any atom is -0.444 e. The Bertz CT molecular complexity index is 1020. The van der Waals surface area contributed by atoms with E-state index in [0.717, 1.165) is 24.6 Å². The first-order chi connectivity index (χ1) is 14.7. The van der Waals surface area contributed by atoms with Gasteiger partial charge in [-0.25, -0.2) is 14.2 Å². The fourth-order valence-corrected chi connectivity index (χ4v) is 4.52. The standard InChI is InChI=1S/C23H26FN3O3S/c1-23(2,3)30-22(28)27-11-9-17(10-12-27)20-5-4-6-21(26-20)31(29)15-18-8-7-16(14-25)13-19(18)24/h4-8,13,17H,9-12,15H2,1-3H3. The molecule has 1 fully saturated rings. The SMILES string of the molecule is CC(C)(C)OC(=O)N1CCC(c2cccc(S(=O)Cc3ccc(C#N)cc3F)n2)CC1. The van der Waals surface area contributed by atoms with Gasteiger partial charge in [0.05, 0.1) is 28.2 Å². The number of aromatic nitrogens is 1. The van der Waals surface area contributed by atoms with Gasteiger partial charge in [-0.15, -0.1) is 0 Å². The van der Waals surface area contributed by atoms with Crippen LogP contribution in [0.5, 0.6) is 0 Å². The number of nitrogens with zero attached hydrogens (tertiary/aromatic N) is 3. The molecule has 1 aromatic heterocycles. The molecule has 0 N–H and O–H groups in total. The quantitative estimate of drug-likeness (QED) is 0.694. The number of likely N-dealkylation sites (tertiary alicyclic amines) is 1. The van der Waals surface area contributed by atoms with Crippen LogP contribution in [0.25, 0.3) is 0 Å². The van der Waals surface area contributed by atoms with Crippen molar-refractivity contribution in [3.8, 4) is 6.07 Å². The summed E-state index contributed by atoms with van der Waals surface area (Å²) >= 11 is 0. The van der Waals surface area contributed by atoms with Crippen molar-refractivity contribution in [2.75, 3.05) is 13.1 Å². The summed E-state index contributed by atoms with van der Waals surface area (Å²) < 4.78 is 32.3. The summed E-state index contributed by atoms with van der Waals surface area (Å²) in [6, 6.07) is 11.4. The highest BCUT2D eigenvalue weighted by atomic mass is 32.2. The predicted molar refractivity (Wildman–Crippen MR) is 115 cm³/mol. The first-order valence-electron chi connectivity index (χ1n) is 10.2. The lowest BCUT2D eigenvalue weighted by atomic mass is 9.93. The lowest BCUT2D eigenvalue weighted by molar-refractivity contribution is 0.0204. The second kappa shape index (κ2) is 9.56. The van der Waals surface area contributed by atoms with Gasteiger partial charge in [0.1, 0.15) is 16.4 Å². The lowest BCUT2D eigenvalue weighted by Gasteiger charge is -2.33. The number of hydrogen-bond donors (Lipinski definition) is 0. The van der Waals surface area contributed by atoms with Crippen LogP contribution in [0, 0.1) is 17.1 Å². The molecule has 1 aliphatic heterocycles. The zero-order chi connectivity index (χ0) is 22.6. The zero-order valence-electron chi connectivity index (χ0n) is 17.9. The molecule has 6 nitrogen and oxygen atoms in total. The summed E-state index contributed by atoms with van der Waals surface area (Å²) in [5.74, 6) is -0.397. The summed E-state index contributed by atoms with van der Waals surface area (Å²) in [6.07, 6.45) is 1.18. The molecule has 2 heterocycles. The van der Waals surface area contributed by atoms with Crippen LogP contribution in [0.3, 0.4) is 0 Å². The number of hydrogen-bond acceptors (Lipinski definition) is 5. The molecule has 164 valence electrons. The fraction of sp³-hybridized carbons (Fsp3) is 0.435. The van der Waals surface area contributed by atoms with Gasteiger partial charge in [0.15, 0.2) is 0 Å². The first-order valence-corrected chi connectivity index (χ1v) is 11.5. The molecule has 1 saturated heterocycles. The van der Waals surface area contributed by atoms with Gasteiger partial charge in [0, 0.05) is 30.3 Å². The molecule has 1 unspecified atom stereocenters. The fourth-order valence-electron chi connectivity index (χ4n) is 3.42. The average molecular weight is 444 g/mol. The number of piperidine rings is 1. The summed E-state index contributed by atoms with van der Waals surface area (Å²) in [7, 11) is -1.51. The van der Waals surface area contributed by atoms with E-state index >= 15 is 0 Å². The van der Waals surface area contributed by atoms with Crippen LogP contribution in [0.15, 0.2) is 41.4 Å². The molecule has 0 spiro atoms. The van der Waals surface area contributed by atoms with E-state index in [1.165, 1.54) is 12.1 Å². The number of carbonyl (C=O) groups is 1. The van der Waals surface area contributed by atoms with E-state index in [1.807, 2.05) is 39.0 Å². The van der Waals surface area contributed by atoms with Crippen molar-refractivity contribution in [1.29, 1.82) is 5.26 Å². The Hall–Kier alpha value is -2.79. The molecule has 8 heteroatoms. The molecule has 31 heavy (non-hydrogen) atoms. The molecule has 3 rings (SSSR count). The first kappa shape index (κ1) is 22.9. The number of benzene rings is 1. The minimum absolute atomic E-state index is 0.00885. The van der Waals surface area contributed by atoms with Crippen molar-refractivity contribution in [3.63, 3.8) is 0 Å². The third-order valence-electron chi connectivity index (χ3n) is 5.01. The number of carbonyl (C=O) groups excluding carboxylic acids is 1. The summed E-state index contributed by atoms with van der Waals surface area (Å²) in [5, 5.41) is 9.25. The average Bonchev–Trinajstić information content (AvgIpc) is 2.74. The number of halogens is 1. The van der Waals surface area contributed by atoms with E-state index in [-0.39, 0.29) is 28.9 Å². The molecule has 0 bridgehead atoms. The van der Waals surface area contributed by atoms with Gasteiger partial charge >= 0.3 is 6.09 Å². The molecular formula is C23H26FN3O3S. The number of nitriles is 1. The highest BCUT2D eigenvalue weighted by molar-refractivity contribution is 7.84. The molecular weight excluding hydrogens is 417 g/mol. The van der Waals surface area contributed by atoms with Crippen LogP contribution in [-0.4, -0.2) is 38.9 Å². The van der Waals surface area contributed by atoms with Crippen molar-refractivity contribution in [2.45, 2.75) is 55.9 Å². The molecule has 0 aliphatic carbocycles. The maximum Gasteiger partial charge on any atom is 0.410 e. The van der Waals surface area contributed by atoms with E-state index < -0.39 is 22.2 Å². The highest BCUT2D eigenvalue weighted by Crippen LogP contribution is 2.28. The molecule has 0 saturated carbocycles. The van der Waals surface area contributed by atoms with Crippen LogP contribution < -0.4 is 0 Å². The summed E-state index contributed by atoms with van der Waals surface area (Å²) in [6.45, 7) is 6.68. The van der Waals surface area contributed by atoms with Gasteiger partial charge in [-0.05, 0) is 57.9 Å². The van der Waals surface area contributed by atoms with E-state index in [9.17, 15) is 13.4 Å². The predicted octanol–water partition coefficient (Wildman–Crippen LogP) is 4.51. The summed E-state index contributed by atoms with van der Waals surface area (Å²) in [5.41, 5.74) is 0.817. The van der Waals surface area contributed by atoms with Gasteiger partial charge < -0.3 is 9.64 Å². The van der Waals surface area contributed by atoms with Crippen molar-refractivity contribution in [2.24, 2.45) is 0 Å². The van der Waals surface area contributed by atoms with Crippen molar-refractivity contribution >= 4 is 16.9 Å². The van der Waals surface area contributed by atoms with Gasteiger partial charge in [-0.2, -0.15) is 5.26 Å². The third-order valence-corrected chi connectivity index (χ3v) is 6.28. The maximum absolute atomic E-state index is 14.1. The van der Waals surface area contributed by atoms with Crippen molar-refractivity contribution in [3.05, 3.63) is 59.0 Å². The van der Waals surface area contributed by atoms with Crippen molar-refractivity contribution in [1.82, 2.24) is 9.88 Å². The van der Waals surface area contributed by atoms with E-state index in [4.69, 9.17) is 10.00 Å². The van der Waals surface area contributed by atoms with Crippen LogP contribution in [0.2, 0.25) is 0 Å². The molecule has 1 amide bonds. The smallest absolute Gasteiger partial charge is 0.410 e. The Kier molecular flexibility index (Phi) is 7.06.